The van der Waals surface area contributed by atoms with Crippen molar-refractivity contribution in [2.24, 2.45) is 5.73 Å². The van der Waals surface area contributed by atoms with Gasteiger partial charge in [-0.2, -0.15) is 0 Å². The van der Waals surface area contributed by atoms with Crippen molar-refractivity contribution in [3.05, 3.63) is 34.6 Å². The number of nitrogens with zero attached hydrogens (tertiary/aromatic N) is 1. The molecule has 0 aliphatic carbocycles. The molecule has 0 radical (unpaired) electrons. The highest BCUT2D eigenvalue weighted by Gasteiger charge is 2.50. The van der Waals surface area contributed by atoms with Gasteiger partial charge < -0.3 is 21.1 Å². The van der Waals surface area contributed by atoms with Crippen molar-refractivity contribution in [1.82, 2.24) is 10.2 Å². The van der Waals surface area contributed by atoms with Gasteiger partial charge in [-0.3, -0.25) is 9.59 Å². The molecule has 1 aromatic rings. The number of nitrogens with two attached hydrogens (primary N) is 1. The predicted octanol–water partition coefficient (Wildman–Crippen LogP) is 0.0174. The Labute approximate surface area is 132 Å². The second kappa shape index (κ2) is 6.60. The van der Waals surface area contributed by atoms with Gasteiger partial charge in [0.1, 0.15) is 5.82 Å². The highest BCUT2D eigenvalue weighted by Crippen LogP contribution is 2.23. The fourth-order valence-corrected chi connectivity index (χ4v) is 2.63. The molecule has 0 spiro atoms. The highest BCUT2D eigenvalue weighted by molar-refractivity contribution is 6.30. The number of hydrogen-bond acceptors (Lipinski definition) is 4. The number of aliphatic hydroxyl groups is 1. The molecule has 1 aromatic carbocycles. The molecule has 22 heavy (non-hydrogen) atoms. The molecule has 1 saturated heterocycles. The summed E-state index contributed by atoms with van der Waals surface area (Å²) < 4.78 is 13.2. The molecule has 1 heterocycles. The number of carbonyl (C=O) groups excluding carboxylic acids is 2. The Morgan fingerprint density at radius 2 is 2.23 bits per heavy atom. The number of likely N-dealkylation sites (tertiary alicyclic amines) is 1. The van der Waals surface area contributed by atoms with E-state index in [4.69, 9.17) is 17.3 Å². The van der Waals surface area contributed by atoms with Crippen LogP contribution in [0, 0.1) is 5.82 Å². The monoisotopic (exact) mass is 329 g/mol. The Bertz CT molecular complexity index is 578. The smallest absolute Gasteiger partial charge is 0.264 e. The maximum absolute atomic E-state index is 13.2. The van der Waals surface area contributed by atoms with Crippen LogP contribution in [-0.4, -0.2) is 47.1 Å². The lowest BCUT2D eigenvalue weighted by atomic mass is 10.0. The maximum atomic E-state index is 13.2. The van der Waals surface area contributed by atoms with Gasteiger partial charge in [-0.25, -0.2) is 4.39 Å². The van der Waals surface area contributed by atoms with Crippen LogP contribution in [0.15, 0.2) is 18.2 Å². The van der Waals surface area contributed by atoms with Crippen LogP contribution in [0.4, 0.5) is 4.39 Å². The van der Waals surface area contributed by atoms with Crippen molar-refractivity contribution in [1.29, 1.82) is 0 Å². The highest BCUT2D eigenvalue weighted by atomic mass is 35.5. The number of nitrogens with one attached hydrogen (secondary N) is 1. The minimum absolute atomic E-state index is 0.00156. The van der Waals surface area contributed by atoms with Crippen molar-refractivity contribution < 1.29 is 19.1 Å². The fourth-order valence-electron chi connectivity index (χ4n) is 2.39. The molecular formula is C14H17ClFN3O3. The summed E-state index contributed by atoms with van der Waals surface area (Å²) in [6, 6.07) is 3.85. The minimum Gasteiger partial charge on any atom is -0.372 e. The van der Waals surface area contributed by atoms with E-state index in [0.717, 1.165) is 6.07 Å². The van der Waals surface area contributed by atoms with Crippen LogP contribution in [-0.2, 0) is 16.1 Å². The summed E-state index contributed by atoms with van der Waals surface area (Å²) in [5.74, 6) is -1.99. The van der Waals surface area contributed by atoms with E-state index in [1.165, 1.54) is 17.0 Å². The van der Waals surface area contributed by atoms with E-state index >= 15 is 0 Å². The molecule has 1 aliphatic heterocycles. The van der Waals surface area contributed by atoms with E-state index in [-0.39, 0.29) is 37.6 Å². The molecule has 2 rings (SSSR count). The van der Waals surface area contributed by atoms with E-state index in [2.05, 4.69) is 5.32 Å². The molecule has 8 heteroatoms. The molecule has 1 atom stereocenters. The summed E-state index contributed by atoms with van der Waals surface area (Å²) in [4.78, 5) is 25.5. The first-order valence-electron chi connectivity index (χ1n) is 6.82. The number of benzene rings is 1. The van der Waals surface area contributed by atoms with E-state index in [1.807, 2.05) is 0 Å². The third-order valence-corrected chi connectivity index (χ3v) is 3.75. The van der Waals surface area contributed by atoms with Gasteiger partial charge in [-0.05, 0) is 23.8 Å². The Morgan fingerprint density at radius 1 is 1.50 bits per heavy atom. The predicted molar refractivity (Wildman–Crippen MR) is 78.5 cm³/mol. The van der Waals surface area contributed by atoms with E-state index in [1.54, 1.807) is 0 Å². The molecular weight excluding hydrogens is 313 g/mol. The largest absolute Gasteiger partial charge is 0.372 e. The molecule has 6 nitrogen and oxygen atoms in total. The van der Waals surface area contributed by atoms with Crippen molar-refractivity contribution in [2.75, 3.05) is 19.6 Å². The van der Waals surface area contributed by atoms with Crippen molar-refractivity contribution in [2.45, 2.75) is 18.6 Å². The van der Waals surface area contributed by atoms with Crippen LogP contribution >= 0.6 is 11.6 Å². The minimum atomic E-state index is -2.09. The quantitative estimate of drug-likeness (QED) is 0.663. The first-order valence-corrected chi connectivity index (χ1v) is 7.19. The summed E-state index contributed by atoms with van der Waals surface area (Å²) in [7, 11) is 0. The number of amides is 2. The molecule has 0 unspecified atom stereocenters. The van der Waals surface area contributed by atoms with Crippen LogP contribution in [0.2, 0.25) is 5.02 Å². The van der Waals surface area contributed by atoms with Gasteiger partial charge in [0.15, 0.2) is 0 Å². The number of hydrogen-bond donors (Lipinski definition) is 3. The Kier molecular flexibility index (Phi) is 5.00. The maximum Gasteiger partial charge on any atom is 0.264 e. The Hall–Kier alpha value is -1.70. The second-order valence-electron chi connectivity index (χ2n) is 5.15. The number of carbonyl (C=O) groups is 2. The van der Waals surface area contributed by atoms with E-state index in [9.17, 15) is 19.1 Å². The first-order chi connectivity index (χ1) is 10.4. The lowest BCUT2D eigenvalue weighted by Crippen LogP contribution is -2.52. The molecule has 4 N–H and O–H groups in total. The molecule has 1 aliphatic rings. The molecule has 0 saturated carbocycles. The molecule has 120 valence electrons. The van der Waals surface area contributed by atoms with Crippen LogP contribution in [0.25, 0.3) is 0 Å². The average Bonchev–Trinajstić information content (AvgIpc) is 2.74. The first kappa shape index (κ1) is 16.7. The van der Waals surface area contributed by atoms with Crippen LogP contribution in [0.5, 0.6) is 0 Å². The zero-order valence-electron chi connectivity index (χ0n) is 11.8. The van der Waals surface area contributed by atoms with Crippen LogP contribution < -0.4 is 11.1 Å². The van der Waals surface area contributed by atoms with Gasteiger partial charge in [-0.1, -0.05) is 11.6 Å². The van der Waals surface area contributed by atoms with Crippen LogP contribution in [0.1, 0.15) is 12.0 Å². The normalized spacial score (nSPS) is 21.3. The standard InChI is InChI=1S/C14H17ClFN3O3/c15-10-5-9(6-11(16)7-10)8-18-12(20)14(22)1-3-19(4-2-17)13(14)21/h5-7,22H,1-4,8,17H2,(H,18,20)/t14-/m0/s1. The van der Waals surface area contributed by atoms with E-state index < -0.39 is 23.2 Å². The van der Waals surface area contributed by atoms with Crippen molar-refractivity contribution in [3.8, 4) is 0 Å². The Morgan fingerprint density at radius 3 is 2.86 bits per heavy atom. The average molecular weight is 330 g/mol. The summed E-state index contributed by atoms with van der Waals surface area (Å²) in [6.45, 7) is 0.772. The van der Waals surface area contributed by atoms with Gasteiger partial charge >= 0.3 is 0 Å². The molecule has 0 aromatic heterocycles. The van der Waals surface area contributed by atoms with E-state index in [0.29, 0.717) is 5.56 Å². The summed E-state index contributed by atoms with van der Waals surface area (Å²) >= 11 is 5.72. The van der Waals surface area contributed by atoms with Crippen LogP contribution in [0.3, 0.4) is 0 Å². The fraction of sp³-hybridized carbons (Fsp3) is 0.429. The van der Waals surface area contributed by atoms with Gasteiger partial charge in [0.25, 0.3) is 11.8 Å². The van der Waals surface area contributed by atoms with Gasteiger partial charge in [0.2, 0.25) is 5.60 Å². The second-order valence-corrected chi connectivity index (χ2v) is 5.59. The summed E-state index contributed by atoms with van der Waals surface area (Å²) in [5.41, 5.74) is 3.72. The lowest BCUT2D eigenvalue weighted by Gasteiger charge is -2.21. The summed E-state index contributed by atoms with van der Waals surface area (Å²) in [6.07, 6.45) is 0.00156. The molecule has 1 fully saturated rings. The van der Waals surface area contributed by atoms with Crippen molar-refractivity contribution in [3.63, 3.8) is 0 Å². The number of halogens is 2. The molecule has 0 bridgehead atoms. The zero-order valence-corrected chi connectivity index (χ0v) is 12.6. The third kappa shape index (κ3) is 3.37. The Balaban J connectivity index is 2.01. The van der Waals surface area contributed by atoms with Gasteiger partial charge in [0, 0.05) is 37.6 Å². The van der Waals surface area contributed by atoms with Gasteiger partial charge in [-0.15, -0.1) is 0 Å². The third-order valence-electron chi connectivity index (χ3n) is 3.53. The zero-order chi connectivity index (χ0) is 16.3. The lowest BCUT2D eigenvalue weighted by molar-refractivity contribution is -0.154. The van der Waals surface area contributed by atoms with Crippen molar-refractivity contribution >= 4 is 23.4 Å². The SMILES string of the molecule is NCCN1CC[C@](O)(C(=O)NCc2cc(F)cc(Cl)c2)C1=O. The van der Waals surface area contributed by atoms with Gasteiger partial charge in [0.05, 0.1) is 0 Å². The molecule has 2 amide bonds. The topological polar surface area (TPSA) is 95.7 Å². The number of rotatable bonds is 5. The summed E-state index contributed by atoms with van der Waals surface area (Å²) in [5, 5.41) is 12.9.